The second kappa shape index (κ2) is 10.1. The van der Waals surface area contributed by atoms with Gasteiger partial charge in [-0.15, -0.1) is 0 Å². The zero-order chi connectivity index (χ0) is 24.2. The number of carboxylic acids is 1. The van der Waals surface area contributed by atoms with Gasteiger partial charge in [-0.1, -0.05) is 42.5 Å². The fourth-order valence-corrected chi connectivity index (χ4v) is 4.68. The van der Waals surface area contributed by atoms with E-state index in [0.29, 0.717) is 18.0 Å². The highest BCUT2D eigenvalue weighted by Gasteiger charge is 2.27. The van der Waals surface area contributed by atoms with E-state index in [1.165, 1.54) is 6.33 Å². The van der Waals surface area contributed by atoms with Crippen LogP contribution in [0, 0.1) is 0 Å². The Morgan fingerprint density at radius 1 is 1.09 bits per heavy atom. The third-order valence-electron chi connectivity index (χ3n) is 6.31. The average molecular weight is 474 g/mol. The lowest BCUT2D eigenvalue weighted by molar-refractivity contribution is -0.145. The number of fused-ring (bicyclic) bond motifs is 1. The van der Waals surface area contributed by atoms with Crippen LogP contribution in [-0.2, 0) is 9.53 Å². The molecule has 180 valence electrons. The fourth-order valence-electron chi connectivity index (χ4n) is 4.68. The van der Waals surface area contributed by atoms with E-state index in [1.807, 2.05) is 54.6 Å². The van der Waals surface area contributed by atoms with Crippen molar-refractivity contribution in [2.45, 2.75) is 37.8 Å². The van der Waals surface area contributed by atoms with Crippen molar-refractivity contribution in [3.63, 3.8) is 0 Å². The summed E-state index contributed by atoms with van der Waals surface area (Å²) in [5.74, 6) is 1.23. The molecule has 8 heteroatoms. The molecule has 0 amide bonds. The van der Waals surface area contributed by atoms with Crippen molar-refractivity contribution < 1.29 is 23.8 Å². The smallest absolute Gasteiger partial charge is 0.329 e. The number of ether oxygens (including phenoxy) is 2. The number of nitrogens with one attached hydrogen (secondary N) is 1. The number of methoxy groups -OCH3 is 1. The number of aliphatic carboxylic acids is 1. The van der Waals surface area contributed by atoms with Gasteiger partial charge in [0.25, 0.3) is 0 Å². The van der Waals surface area contributed by atoms with Gasteiger partial charge >= 0.3 is 5.97 Å². The minimum Gasteiger partial charge on any atom is -0.497 e. The molecule has 2 aromatic heterocycles. The minimum atomic E-state index is -0.950. The summed E-state index contributed by atoms with van der Waals surface area (Å²) in [4.78, 5) is 19.9. The fraction of sp³-hybridized carbons (Fsp3) is 0.296. The second-order valence-corrected chi connectivity index (χ2v) is 8.64. The molecule has 0 radical (unpaired) electrons. The molecule has 1 unspecified atom stereocenters. The van der Waals surface area contributed by atoms with Crippen LogP contribution < -0.4 is 10.1 Å². The van der Waals surface area contributed by atoms with Crippen LogP contribution in [-0.4, -0.2) is 46.9 Å². The number of carboxylic acid groups (broad SMARTS) is 1. The lowest BCUT2D eigenvalue weighted by atomic mass is 9.92. The van der Waals surface area contributed by atoms with E-state index in [0.717, 1.165) is 52.8 Å². The van der Waals surface area contributed by atoms with Gasteiger partial charge in [0.05, 0.1) is 18.6 Å². The molecule has 2 heterocycles. The summed E-state index contributed by atoms with van der Waals surface area (Å²) in [6, 6.07) is 17.9. The zero-order valence-electron chi connectivity index (χ0n) is 19.4. The van der Waals surface area contributed by atoms with Crippen LogP contribution in [0.5, 0.6) is 5.75 Å². The van der Waals surface area contributed by atoms with E-state index in [9.17, 15) is 4.79 Å². The maximum atomic E-state index is 10.9. The number of aromatic nitrogens is 2. The maximum absolute atomic E-state index is 10.9. The van der Waals surface area contributed by atoms with Gasteiger partial charge in [-0.3, -0.25) is 0 Å². The van der Waals surface area contributed by atoms with Crippen LogP contribution in [0.3, 0.4) is 0 Å². The number of anilines is 1. The Bertz CT molecular complexity index is 1300. The van der Waals surface area contributed by atoms with Crippen molar-refractivity contribution in [3.8, 4) is 28.2 Å². The molecule has 1 aliphatic carbocycles. The van der Waals surface area contributed by atoms with Gasteiger partial charge in [-0.25, -0.2) is 14.8 Å². The SMILES string of the molecule is COc1ccc(-c2c(-c3ccccc3)oc3ncnc(N[C@H]4CCCC(OCC(=O)O)C4)c23)cc1. The lowest BCUT2D eigenvalue weighted by Gasteiger charge is -2.29. The standard InChI is InChI=1S/C27H27N3O5/c1-33-20-12-10-17(11-13-20)23-24-26(30-19-8-5-9-21(14-19)34-15-22(31)32)28-16-29-27(24)35-25(23)18-6-3-2-4-7-18/h2-4,6-7,10-13,16,19,21H,5,8-9,14-15H2,1H3,(H,31,32)(H,28,29,30)/t19-,21?/m0/s1. The molecule has 1 saturated carbocycles. The molecule has 2 N–H and O–H groups in total. The van der Waals surface area contributed by atoms with Crippen molar-refractivity contribution >= 4 is 22.9 Å². The first-order valence-corrected chi connectivity index (χ1v) is 11.7. The van der Waals surface area contributed by atoms with E-state index in [2.05, 4.69) is 15.3 Å². The predicted octanol–water partition coefficient (Wildman–Crippen LogP) is 5.39. The molecule has 1 fully saturated rings. The highest BCUT2D eigenvalue weighted by atomic mass is 16.5. The summed E-state index contributed by atoms with van der Waals surface area (Å²) >= 11 is 0. The molecule has 4 aromatic rings. The first kappa shape index (κ1) is 22.9. The molecule has 35 heavy (non-hydrogen) atoms. The molecular formula is C27H27N3O5. The highest BCUT2D eigenvalue weighted by Crippen LogP contribution is 2.43. The Hall–Kier alpha value is -3.91. The number of hydrogen-bond acceptors (Lipinski definition) is 7. The predicted molar refractivity (Wildman–Crippen MR) is 132 cm³/mol. The maximum Gasteiger partial charge on any atom is 0.329 e. The molecule has 8 nitrogen and oxygen atoms in total. The topological polar surface area (TPSA) is 107 Å². The van der Waals surface area contributed by atoms with Crippen molar-refractivity contribution in [2.24, 2.45) is 0 Å². The van der Waals surface area contributed by atoms with Crippen LogP contribution >= 0.6 is 0 Å². The molecular weight excluding hydrogens is 446 g/mol. The highest BCUT2D eigenvalue weighted by molar-refractivity contribution is 6.05. The van der Waals surface area contributed by atoms with Gasteiger partial charge in [-0.05, 0) is 43.4 Å². The Balaban J connectivity index is 1.55. The molecule has 1 aliphatic rings. The third kappa shape index (κ3) is 4.97. The second-order valence-electron chi connectivity index (χ2n) is 8.64. The summed E-state index contributed by atoms with van der Waals surface area (Å²) in [7, 11) is 1.64. The average Bonchev–Trinajstić information content (AvgIpc) is 3.29. The zero-order valence-corrected chi connectivity index (χ0v) is 19.4. The van der Waals surface area contributed by atoms with Crippen molar-refractivity contribution in [1.29, 1.82) is 0 Å². The van der Waals surface area contributed by atoms with Crippen LogP contribution in [0.1, 0.15) is 25.7 Å². The summed E-state index contributed by atoms with van der Waals surface area (Å²) in [5, 5.41) is 13.3. The van der Waals surface area contributed by atoms with Crippen molar-refractivity contribution in [2.75, 3.05) is 19.0 Å². The Morgan fingerprint density at radius 2 is 1.89 bits per heavy atom. The molecule has 2 aromatic carbocycles. The Morgan fingerprint density at radius 3 is 2.63 bits per heavy atom. The third-order valence-corrected chi connectivity index (χ3v) is 6.31. The number of nitrogens with zero attached hydrogens (tertiary/aromatic N) is 2. The largest absolute Gasteiger partial charge is 0.497 e. The van der Waals surface area contributed by atoms with Gasteiger partial charge in [0, 0.05) is 17.2 Å². The van der Waals surface area contributed by atoms with Gasteiger partial charge in [-0.2, -0.15) is 0 Å². The molecule has 0 aliphatic heterocycles. The first-order chi connectivity index (χ1) is 17.1. The van der Waals surface area contributed by atoms with Crippen LogP contribution in [0.25, 0.3) is 33.6 Å². The molecule has 2 atom stereocenters. The molecule has 0 saturated heterocycles. The molecule has 0 spiro atoms. The van der Waals surface area contributed by atoms with E-state index in [-0.39, 0.29) is 18.8 Å². The number of furan rings is 1. The summed E-state index contributed by atoms with van der Waals surface area (Å²) < 4.78 is 17.2. The van der Waals surface area contributed by atoms with E-state index in [4.69, 9.17) is 19.0 Å². The van der Waals surface area contributed by atoms with Crippen molar-refractivity contribution in [1.82, 2.24) is 9.97 Å². The number of benzene rings is 2. The number of hydrogen-bond donors (Lipinski definition) is 2. The van der Waals surface area contributed by atoms with E-state index >= 15 is 0 Å². The van der Waals surface area contributed by atoms with Gasteiger partial charge in [0.2, 0.25) is 5.71 Å². The van der Waals surface area contributed by atoms with Gasteiger partial charge < -0.3 is 24.3 Å². The van der Waals surface area contributed by atoms with Gasteiger partial charge in [0.1, 0.15) is 30.3 Å². The Labute approximate surface area is 202 Å². The lowest BCUT2D eigenvalue weighted by Crippen LogP contribution is -2.33. The van der Waals surface area contributed by atoms with E-state index in [1.54, 1.807) is 7.11 Å². The van der Waals surface area contributed by atoms with Crippen LogP contribution in [0.15, 0.2) is 65.3 Å². The minimum absolute atomic E-state index is 0.0967. The Kier molecular flexibility index (Phi) is 6.63. The first-order valence-electron chi connectivity index (χ1n) is 11.7. The van der Waals surface area contributed by atoms with Crippen LogP contribution in [0.2, 0.25) is 0 Å². The number of carbonyl (C=O) groups is 1. The quantitative estimate of drug-likeness (QED) is 0.351. The summed E-state index contributed by atoms with van der Waals surface area (Å²) in [6.45, 7) is -0.279. The number of rotatable bonds is 8. The van der Waals surface area contributed by atoms with E-state index < -0.39 is 5.97 Å². The molecule has 5 rings (SSSR count). The monoisotopic (exact) mass is 473 g/mol. The van der Waals surface area contributed by atoms with Crippen molar-refractivity contribution in [3.05, 3.63) is 60.9 Å². The van der Waals surface area contributed by atoms with Crippen LogP contribution in [0.4, 0.5) is 5.82 Å². The summed E-state index contributed by atoms with van der Waals surface area (Å²) in [6.07, 6.45) is 4.86. The molecule has 0 bridgehead atoms. The van der Waals surface area contributed by atoms with Gasteiger partial charge in [0.15, 0.2) is 0 Å². The summed E-state index contributed by atoms with van der Waals surface area (Å²) in [5.41, 5.74) is 3.32. The normalized spacial score (nSPS) is 17.9.